The average molecular weight is 248 g/mol. The van der Waals surface area contributed by atoms with Crippen molar-refractivity contribution in [3.63, 3.8) is 0 Å². The van der Waals surface area contributed by atoms with Gasteiger partial charge in [-0.3, -0.25) is 14.5 Å². The zero-order valence-corrected chi connectivity index (χ0v) is 9.50. The average Bonchev–Trinajstić information content (AvgIpc) is 2.57. The Morgan fingerprint density at radius 3 is 2.39 bits per heavy atom. The number of carboxylic acids is 1. The first-order valence-electron chi connectivity index (χ1n) is 5.41. The van der Waals surface area contributed by atoms with E-state index >= 15 is 0 Å². The Morgan fingerprint density at radius 1 is 1.33 bits per heavy atom. The molecule has 0 bridgehead atoms. The molecular formula is C12H12N2O4. The third kappa shape index (κ3) is 2.23. The zero-order chi connectivity index (χ0) is 13.3. The molecule has 0 unspecified atom stereocenters. The lowest BCUT2D eigenvalue weighted by Gasteiger charge is -2.14. The molecule has 0 spiro atoms. The first kappa shape index (κ1) is 12.3. The number of nitrogens with two attached hydrogens (primary N) is 1. The summed E-state index contributed by atoms with van der Waals surface area (Å²) in [5, 5.41) is 8.74. The van der Waals surface area contributed by atoms with Gasteiger partial charge in [0.05, 0.1) is 24.6 Å². The van der Waals surface area contributed by atoms with Crippen LogP contribution < -0.4 is 5.73 Å². The van der Waals surface area contributed by atoms with Crippen molar-refractivity contribution in [1.29, 1.82) is 0 Å². The summed E-state index contributed by atoms with van der Waals surface area (Å²) >= 11 is 0. The predicted octanol–water partition coefficient (Wildman–Crippen LogP) is -0.0290. The lowest BCUT2D eigenvalue weighted by atomic mass is 10.1. The van der Waals surface area contributed by atoms with Crippen LogP contribution >= 0.6 is 0 Å². The van der Waals surface area contributed by atoms with Crippen LogP contribution in [0.1, 0.15) is 22.3 Å². The second kappa shape index (κ2) is 4.58. The maximum Gasteiger partial charge on any atom is 0.335 e. The van der Waals surface area contributed by atoms with Gasteiger partial charge in [0.25, 0.3) is 0 Å². The number of imide groups is 1. The number of carboxylic acid groups (broad SMARTS) is 1. The van der Waals surface area contributed by atoms with E-state index in [1.54, 1.807) is 12.1 Å². The fourth-order valence-corrected chi connectivity index (χ4v) is 1.81. The van der Waals surface area contributed by atoms with E-state index in [4.69, 9.17) is 10.8 Å². The number of benzene rings is 1. The van der Waals surface area contributed by atoms with Gasteiger partial charge in [-0.25, -0.2) is 4.79 Å². The Kier molecular flexibility index (Phi) is 3.12. The topological polar surface area (TPSA) is 101 Å². The number of carbonyl (C=O) groups excluding carboxylic acids is 2. The monoisotopic (exact) mass is 248 g/mol. The molecule has 2 amide bonds. The fourth-order valence-electron chi connectivity index (χ4n) is 1.81. The first-order valence-corrected chi connectivity index (χ1v) is 5.41. The molecule has 1 aromatic carbocycles. The third-order valence-electron chi connectivity index (χ3n) is 2.82. The molecule has 0 radical (unpaired) electrons. The second-order valence-corrected chi connectivity index (χ2v) is 4.13. The maximum atomic E-state index is 11.6. The SMILES string of the molecule is N[C@H]1CC(=O)N(Cc2ccc(C(=O)O)cc2)C1=O. The summed E-state index contributed by atoms with van der Waals surface area (Å²) in [6.07, 6.45) is 0.0338. The highest BCUT2D eigenvalue weighted by molar-refractivity contribution is 6.05. The highest BCUT2D eigenvalue weighted by Gasteiger charge is 2.35. The fraction of sp³-hybridized carbons (Fsp3) is 0.250. The van der Waals surface area contributed by atoms with Crippen LogP contribution in [-0.4, -0.2) is 33.8 Å². The van der Waals surface area contributed by atoms with E-state index in [2.05, 4.69) is 0 Å². The Bertz CT molecular complexity index is 509. The minimum Gasteiger partial charge on any atom is -0.478 e. The Labute approximate surface area is 103 Å². The molecule has 1 heterocycles. The smallest absolute Gasteiger partial charge is 0.335 e. The lowest BCUT2D eigenvalue weighted by molar-refractivity contribution is -0.139. The number of carbonyl (C=O) groups is 3. The number of rotatable bonds is 3. The standard InChI is InChI=1S/C12H12N2O4/c13-9-5-10(15)14(11(9)16)6-7-1-3-8(4-2-7)12(17)18/h1-4,9H,5-6,13H2,(H,17,18)/t9-/m0/s1. The molecule has 6 nitrogen and oxygen atoms in total. The van der Waals surface area contributed by atoms with E-state index in [0.717, 1.165) is 4.90 Å². The van der Waals surface area contributed by atoms with Gasteiger partial charge in [-0.15, -0.1) is 0 Å². The summed E-state index contributed by atoms with van der Waals surface area (Å²) in [6, 6.07) is 5.27. The summed E-state index contributed by atoms with van der Waals surface area (Å²) in [4.78, 5) is 34.9. The van der Waals surface area contributed by atoms with E-state index < -0.39 is 12.0 Å². The summed E-state index contributed by atoms with van der Waals surface area (Å²) in [6.45, 7) is 0.130. The Hall–Kier alpha value is -2.21. The molecule has 0 saturated carbocycles. The van der Waals surface area contributed by atoms with Crippen LogP contribution in [-0.2, 0) is 16.1 Å². The number of aromatic carboxylic acids is 1. The van der Waals surface area contributed by atoms with Crippen LogP contribution in [0.2, 0.25) is 0 Å². The second-order valence-electron chi connectivity index (χ2n) is 4.13. The Balaban J connectivity index is 2.12. The van der Waals surface area contributed by atoms with E-state index in [-0.39, 0.29) is 30.3 Å². The maximum absolute atomic E-state index is 11.6. The molecule has 6 heteroatoms. The summed E-state index contributed by atoms with van der Waals surface area (Å²) < 4.78 is 0. The molecule has 1 fully saturated rings. The zero-order valence-electron chi connectivity index (χ0n) is 9.50. The molecular weight excluding hydrogens is 236 g/mol. The Morgan fingerprint density at radius 2 is 1.94 bits per heavy atom. The highest BCUT2D eigenvalue weighted by atomic mass is 16.4. The van der Waals surface area contributed by atoms with Crippen molar-refractivity contribution < 1.29 is 19.5 Å². The van der Waals surface area contributed by atoms with E-state index in [0.29, 0.717) is 5.56 Å². The van der Waals surface area contributed by atoms with Crippen molar-refractivity contribution in [3.8, 4) is 0 Å². The number of amides is 2. The minimum absolute atomic E-state index is 0.0338. The first-order chi connectivity index (χ1) is 8.49. The van der Waals surface area contributed by atoms with E-state index in [1.807, 2.05) is 0 Å². The van der Waals surface area contributed by atoms with Crippen LogP contribution in [0.5, 0.6) is 0 Å². The largest absolute Gasteiger partial charge is 0.478 e. The van der Waals surface area contributed by atoms with Crippen molar-refractivity contribution in [1.82, 2.24) is 4.90 Å². The van der Waals surface area contributed by atoms with Gasteiger partial charge in [-0.2, -0.15) is 0 Å². The van der Waals surface area contributed by atoms with Crippen molar-refractivity contribution >= 4 is 17.8 Å². The number of hydrogen-bond acceptors (Lipinski definition) is 4. The molecule has 3 N–H and O–H groups in total. The van der Waals surface area contributed by atoms with E-state index in [9.17, 15) is 14.4 Å². The minimum atomic E-state index is -1.02. The molecule has 1 saturated heterocycles. The van der Waals surface area contributed by atoms with Crippen molar-refractivity contribution in [2.75, 3.05) is 0 Å². The molecule has 1 aliphatic heterocycles. The quantitative estimate of drug-likeness (QED) is 0.731. The van der Waals surface area contributed by atoms with Gasteiger partial charge in [0.1, 0.15) is 0 Å². The lowest BCUT2D eigenvalue weighted by Crippen LogP contribution is -2.34. The van der Waals surface area contributed by atoms with Gasteiger partial charge in [0.2, 0.25) is 11.8 Å². The third-order valence-corrected chi connectivity index (χ3v) is 2.82. The van der Waals surface area contributed by atoms with Gasteiger partial charge >= 0.3 is 5.97 Å². The normalized spacial score (nSPS) is 19.4. The van der Waals surface area contributed by atoms with Crippen LogP contribution in [0, 0.1) is 0 Å². The van der Waals surface area contributed by atoms with E-state index in [1.165, 1.54) is 12.1 Å². The van der Waals surface area contributed by atoms with Gasteiger partial charge in [0, 0.05) is 0 Å². The number of hydrogen-bond donors (Lipinski definition) is 2. The van der Waals surface area contributed by atoms with Gasteiger partial charge in [-0.05, 0) is 17.7 Å². The number of nitrogens with zero attached hydrogens (tertiary/aromatic N) is 1. The summed E-state index contributed by atoms with van der Waals surface area (Å²) in [5.41, 5.74) is 6.34. The molecule has 0 aliphatic carbocycles. The molecule has 94 valence electrons. The van der Waals surface area contributed by atoms with Crippen LogP contribution in [0.4, 0.5) is 0 Å². The van der Waals surface area contributed by atoms with Crippen LogP contribution in [0.15, 0.2) is 24.3 Å². The molecule has 2 rings (SSSR count). The van der Waals surface area contributed by atoms with Gasteiger partial charge < -0.3 is 10.8 Å². The summed E-state index contributed by atoms with van der Waals surface area (Å²) in [7, 11) is 0. The predicted molar refractivity (Wildman–Crippen MR) is 61.6 cm³/mol. The molecule has 1 aliphatic rings. The van der Waals surface area contributed by atoms with Gasteiger partial charge in [-0.1, -0.05) is 12.1 Å². The van der Waals surface area contributed by atoms with Crippen molar-refractivity contribution in [2.45, 2.75) is 19.0 Å². The molecule has 1 aromatic rings. The molecule has 18 heavy (non-hydrogen) atoms. The highest BCUT2D eigenvalue weighted by Crippen LogP contribution is 2.15. The molecule has 0 aromatic heterocycles. The van der Waals surface area contributed by atoms with Crippen molar-refractivity contribution in [3.05, 3.63) is 35.4 Å². The summed E-state index contributed by atoms with van der Waals surface area (Å²) in [5.74, 6) is -1.70. The van der Waals surface area contributed by atoms with Crippen LogP contribution in [0.25, 0.3) is 0 Å². The van der Waals surface area contributed by atoms with Crippen LogP contribution in [0.3, 0.4) is 0 Å². The van der Waals surface area contributed by atoms with Crippen molar-refractivity contribution in [2.24, 2.45) is 5.73 Å². The van der Waals surface area contributed by atoms with Gasteiger partial charge in [0.15, 0.2) is 0 Å². The number of likely N-dealkylation sites (tertiary alicyclic amines) is 1. The molecule has 1 atom stereocenters.